The van der Waals surface area contributed by atoms with Crippen molar-refractivity contribution in [3.8, 4) is 5.75 Å². The summed E-state index contributed by atoms with van der Waals surface area (Å²) in [7, 11) is 0. The molecule has 0 saturated carbocycles. The fourth-order valence-electron chi connectivity index (χ4n) is 0.920. The van der Waals surface area contributed by atoms with Gasteiger partial charge in [-0.25, -0.2) is 8.78 Å². The van der Waals surface area contributed by atoms with Gasteiger partial charge in [0.05, 0.1) is 6.61 Å². The number of hydrogen-bond donors (Lipinski definition) is 0. The van der Waals surface area contributed by atoms with Crippen LogP contribution < -0.4 is 4.74 Å². The van der Waals surface area contributed by atoms with Crippen LogP contribution in [0.15, 0.2) is 18.2 Å². The molecule has 1 aromatic carbocycles. The molecule has 1 aliphatic heterocycles. The van der Waals surface area contributed by atoms with E-state index in [1.807, 2.05) is 0 Å². The highest BCUT2D eigenvalue weighted by atomic mass is 19.2. The van der Waals surface area contributed by atoms with Gasteiger partial charge >= 0.3 is 0 Å². The Balaban J connectivity index is 1.98. The van der Waals surface area contributed by atoms with Crippen LogP contribution in [0.4, 0.5) is 8.78 Å². The van der Waals surface area contributed by atoms with E-state index in [-0.39, 0.29) is 6.10 Å². The van der Waals surface area contributed by atoms with Crippen molar-refractivity contribution in [2.75, 3.05) is 13.2 Å². The lowest BCUT2D eigenvalue weighted by Crippen LogP contribution is -2.04. The lowest BCUT2D eigenvalue weighted by molar-refractivity contribution is 0.261. The maximum absolute atomic E-state index is 12.6. The predicted molar refractivity (Wildman–Crippen MR) is 41.6 cm³/mol. The zero-order valence-electron chi connectivity index (χ0n) is 6.80. The molecule has 0 radical (unpaired) electrons. The van der Waals surface area contributed by atoms with E-state index < -0.39 is 11.6 Å². The van der Waals surface area contributed by atoms with Crippen molar-refractivity contribution in [3.05, 3.63) is 29.8 Å². The minimum absolute atomic E-state index is 0.119. The maximum Gasteiger partial charge on any atom is 0.162 e. The molecule has 0 bridgehead atoms. The van der Waals surface area contributed by atoms with Gasteiger partial charge in [-0.2, -0.15) is 0 Å². The Kier molecular flexibility index (Phi) is 2.14. The van der Waals surface area contributed by atoms with Crippen LogP contribution in [0, 0.1) is 11.6 Å². The van der Waals surface area contributed by atoms with Gasteiger partial charge in [-0.05, 0) is 12.1 Å². The number of halogens is 2. The van der Waals surface area contributed by atoms with Crippen LogP contribution in [0.2, 0.25) is 0 Å². The summed E-state index contributed by atoms with van der Waals surface area (Å²) in [5, 5.41) is 0. The summed E-state index contributed by atoms with van der Waals surface area (Å²) in [6, 6.07) is 3.46. The van der Waals surface area contributed by atoms with Gasteiger partial charge in [-0.15, -0.1) is 0 Å². The maximum atomic E-state index is 12.6. The van der Waals surface area contributed by atoms with Gasteiger partial charge in [-0.1, -0.05) is 0 Å². The molecule has 0 unspecified atom stereocenters. The fourth-order valence-corrected chi connectivity index (χ4v) is 0.920. The molecule has 0 N–H and O–H groups in total. The van der Waals surface area contributed by atoms with E-state index in [1.54, 1.807) is 0 Å². The van der Waals surface area contributed by atoms with Crippen molar-refractivity contribution in [1.29, 1.82) is 0 Å². The van der Waals surface area contributed by atoms with Gasteiger partial charge in [0.2, 0.25) is 0 Å². The highest BCUT2D eigenvalue weighted by molar-refractivity contribution is 5.23. The third kappa shape index (κ3) is 2.15. The molecule has 2 rings (SSSR count). The van der Waals surface area contributed by atoms with Gasteiger partial charge in [0.1, 0.15) is 18.5 Å². The first-order valence-electron chi connectivity index (χ1n) is 3.95. The molecule has 0 aliphatic carbocycles. The van der Waals surface area contributed by atoms with Crippen molar-refractivity contribution in [1.82, 2.24) is 0 Å². The molecule has 1 aromatic rings. The Bertz CT molecular complexity index is 310. The minimum atomic E-state index is -0.894. The molecule has 1 heterocycles. The van der Waals surface area contributed by atoms with Crippen LogP contribution in [-0.2, 0) is 4.74 Å². The second kappa shape index (κ2) is 3.30. The van der Waals surface area contributed by atoms with Crippen LogP contribution in [0.25, 0.3) is 0 Å². The molecule has 1 atom stereocenters. The number of rotatable bonds is 3. The molecule has 0 amide bonds. The van der Waals surface area contributed by atoms with Crippen LogP contribution in [-0.4, -0.2) is 19.3 Å². The summed E-state index contributed by atoms with van der Waals surface area (Å²) in [6.45, 7) is 1.08. The fraction of sp³-hybridized carbons (Fsp3) is 0.333. The Morgan fingerprint density at radius 2 is 2.15 bits per heavy atom. The summed E-state index contributed by atoms with van der Waals surface area (Å²) in [5.41, 5.74) is 0. The molecule has 1 aliphatic rings. The number of benzene rings is 1. The number of hydrogen-bond acceptors (Lipinski definition) is 2. The average Bonchev–Trinajstić information content (AvgIpc) is 2.91. The summed E-state index contributed by atoms with van der Waals surface area (Å²) in [4.78, 5) is 0. The van der Waals surface area contributed by atoms with E-state index in [0.717, 1.165) is 12.1 Å². The molecule has 1 saturated heterocycles. The monoisotopic (exact) mass is 186 g/mol. The molecule has 0 spiro atoms. The van der Waals surface area contributed by atoms with Crippen LogP contribution >= 0.6 is 0 Å². The van der Waals surface area contributed by atoms with Gasteiger partial charge in [0, 0.05) is 6.07 Å². The summed E-state index contributed by atoms with van der Waals surface area (Å²) in [5.74, 6) is -1.43. The smallest absolute Gasteiger partial charge is 0.162 e. The number of epoxide rings is 1. The van der Waals surface area contributed by atoms with E-state index in [2.05, 4.69) is 0 Å². The van der Waals surface area contributed by atoms with Crippen molar-refractivity contribution in [3.63, 3.8) is 0 Å². The third-order valence-corrected chi connectivity index (χ3v) is 1.73. The first kappa shape index (κ1) is 8.44. The van der Waals surface area contributed by atoms with Crippen molar-refractivity contribution < 1.29 is 18.3 Å². The summed E-state index contributed by atoms with van der Waals surface area (Å²) in [6.07, 6.45) is 0.119. The SMILES string of the molecule is Fc1ccc(OC[C@@H]2CO2)cc1F. The Morgan fingerprint density at radius 3 is 2.77 bits per heavy atom. The van der Waals surface area contributed by atoms with Gasteiger partial charge in [0.15, 0.2) is 11.6 Å². The van der Waals surface area contributed by atoms with Gasteiger partial charge < -0.3 is 9.47 Å². The standard InChI is InChI=1S/C9H8F2O2/c10-8-2-1-6(3-9(8)11)12-4-7-5-13-7/h1-3,7H,4-5H2/t7-/m1/s1. The molecule has 2 nitrogen and oxygen atoms in total. The van der Waals surface area contributed by atoms with Crippen molar-refractivity contribution in [2.45, 2.75) is 6.10 Å². The molecule has 4 heteroatoms. The van der Waals surface area contributed by atoms with E-state index in [1.165, 1.54) is 6.07 Å². The zero-order valence-corrected chi connectivity index (χ0v) is 6.80. The first-order chi connectivity index (χ1) is 6.25. The average molecular weight is 186 g/mol. The molecular formula is C9H8F2O2. The lowest BCUT2D eigenvalue weighted by atomic mass is 10.3. The first-order valence-corrected chi connectivity index (χ1v) is 3.95. The van der Waals surface area contributed by atoms with Crippen LogP contribution in [0.1, 0.15) is 0 Å². The highest BCUT2D eigenvalue weighted by Gasteiger charge is 2.23. The van der Waals surface area contributed by atoms with Crippen molar-refractivity contribution >= 4 is 0 Å². The summed E-state index contributed by atoms with van der Waals surface area (Å²) >= 11 is 0. The largest absolute Gasteiger partial charge is 0.491 e. The molecule has 0 aromatic heterocycles. The van der Waals surface area contributed by atoms with E-state index in [9.17, 15) is 8.78 Å². The molecule has 13 heavy (non-hydrogen) atoms. The van der Waals surface area contributed by atoms with Gasteiger partial charge in [0.25, 0.3) is 0 Å². The summed E-state index contributed by atoms with van der Waals surface area (Å²) < 4.78 is 35.1. The van der Waals surface area contributed by atoms with E-state index >= 15 is 0 Å². The predicted octanol–water partition coefficient (Wildman–Crippen LogP) is 1.74. The van der Waals surface area contributed by atoms with Crippen LogP contribution in [0.5, 0.6) is 5.75 Å². The molecule has 1 fully saturated rings. The van der Waals surface area contributed by atoms with Gasteiger partial charge in [-0.3, -0.25) is 0 Å². The second-order valence-corrected chi connectivity index (χ2v) is 2.84. The highest BCUT2D eigenvalue weighted by Crippen LogP contribution is 2.17. The normalized spacial score (nSPS) is 20.0. The minimum Gasteiger partial charge on any atom is -0.491 e. The van der Waals surface area contributed by atoms with Crippen LogP contribution in [0.3, 0.4) is 0 Å². The topological polar surface area (TPSA) is 21.8 Å². The van der Waals surface area contributed by atoms with E-state index in [4.69, 9.17) is 9.47 Å². The third-order valence-electron chi connectivity index (χ3n) is 1.73. The lowest BCUT2D eigenvalue weighted by Gasteiger charge is -2.03. The second-order valence-electron chi connectivity index (χ2n) is 2.84. The quantitative estimate of drug-likeness (QED) is 0.670. The van der Waals surface area contributed by atoms with Crippen molar-refractivity contribution in [2.24, 2.45) is 0 Å². The molecule has 70 valence electrons. The zero-order chi connectivity index (χ0) is 9.26. The Hall–Kier alpha value is -1.16. The Morgan fingerprint density at radius 1 is 1.38 bits per heavy atom. The number of ether oxygens (including phenoxy) is 2. The molecular weight excluding hydrogens is 178 g/mol. The van der Waals surface area contributed by atoms with E-state index in [0.29, 0.717) is 19.0 Å². The Labute approximate surface area is 74.1 Å².